The second-order valence-corrected chi connectivity index (χ2v) is 6.89. The van der Waals surface area contributed by atoms with Crippen molar-refractivity contribution in [2.24, 2.45) is 0 Å². The van der Waals surface area contributed by atoms with E-state index in [0.717, 1.165) is 17.7 Å². The van der Waals surface area contributed by atoms with Crippen LogP contribution in [0, 0.1) is 5.82 Å². The van der Waals surface area contributed by atoms with Crippen LogP contribution in [0.4, 0.5) is 4.39 Å². The highest BCUT2D eigenvalue weighted by Gasteiger charge is 2.49. The normalized spacial score (nSPS) is 21.5. The number of carbonyl (C=O) groups is 1. The Kier molecular flexibility index (Phi) is 3.25. The van der Waals surface area contributed by atoms with Gasteiger partial charge in [-0.2, -0.15) is 0 Å². The number of carbonyl (C=O) groups excluding carboxylic acids is 1. The van der Waals surface area contributed by atoms with Crippen molar-refractivity contribution < 1.29 is 17.6 Å². The summed E-state index contributed by atoms with van der Waals surface area (Å²) >= 11 is 0. The van der Waals surface area contributed by atoms with Crippen LogP contribution in [0.25, 0.3) is 0 Å². The maximum absolute atomic E-state index is 12.9. The standard InChI is InChI=1S/C15H12FNO3S/c16-11-6-8-12(9-7-11)21(19,20)14-13(17-15(14)18)10-4-2-1-3-5-10/h1-9,13-14H,(H,17,18)/t13-,14-/m1/s1. The van der Waals surface area contributed by atoms with E-state index >= 15 is 0 Å². The van der Waals surface area contributed by atoms with Gasteiger partial charge in [0.15, 0.2) is 15.1 Å². The number of benzene rings is 2. The number of sulfone groups is 1. The van der Waals surface area contributed by atoms with Gasteiger partial charge in [-0.3, -0.25) is 4.79 Å². The summed E-state index contributed by atoms with van der Waals surface area (Å²) in [5, 5.41) is 1.43. The molecule has 0 spiro atoms. The third-order valence-electron chi connectivity index (χ3n) is 3.49. The smallest absolute Gasteiger partial charge is 0.241 e. The number of hydrogen-bond acceptors (Lipinski definition) is 3. The minimum absolute atomic E-state index is 0.0512. The molecule has 0 aromatic heterocycles. The highest BCUT2D eigenvalue weighted by atomic mass is 32.2. The summed E-state index contributed by atoms with van der Waals surface area (Å²) in [6.07, 6.45) is 0. The molecule has 1 saturated heterocycles. The van der Waals surface area contributed by atoms with Crippen LogP contribution >= 0.6 is 0 Å². The molecule has 1 aliphatic rings. The number of rotatable bonds is 3. The number of β-lactam (4-membered cyclic amide) rings is 1. The van der Waals surface area contributed by atoms with Crippen molar-refractivity contribution in [1.29, 1.82) is 0 Å². The molecular weight excluding hydrogens is 293 g/mol. The van der Waals surface area contributed by atoms with Crippen molar-refractivity contribution in [3.63, 3.8) is 0 Å². The second-order valence-electron chi connectivity index (χ2n) is 4.82. The molecule has 108 valence electrons. The molecule has 1 fully saturated rings. The number of nitrogens with one attached hydrogen (secondary N) is 1. The first-order valence-corrected chi connectivity index (χ1v) is 7.89. The zero-order chi connectivity index (χ0) is 15.0. The molecule has 0 saturated carbocycles. The first-order chi connectivity index (χ1) is 10.00. The average Bonchev–Trinajstić information content (AvgIpc) is 2.45. The molecule has 1 heterocycles. The first kappa shape index (κ1) is 13.8. The van der Waals surface area contributed by atoms with Gasteiger partial charge in [0.1, 0.15) is 5.82 Å². The van der Waals surface area contributed by atoms with E-state index in [0.29, 0.717) is 0 Å². The molecule has 0 aliphatic carbocycles. The SMILES string of the molecule is O=C1N[C@H](c2ccccc2)[C@H]1S(=O)(=O)c1ccc(F)cc1. The molecule has 0 unspecified atom stereocenters. The molecule has 1 aliphatic heterocycles. The van der Waals surface area contributed by atoms with Gasteiger partial charge in [-0.1, -0.05) is 30.3 Å². The summed E-state index contributed by atoms with van der Waals surface area (Å²) in [6, 6.07) is 12.8. The fourth-order valence-electron chi connectivity index (χ4n) is 2.38. The van der Waals surface area contributed by atoms with Gasteiger partial charge in [0.05, 0.1) is 10.9 Å². The van der Waals surface area contributed by atoms with Crippen molar-refractivity contribution in [3.05, 3.63) is 66.0 Å². The lowest BCUT2D eigenvalue weighted by Crippen LogP contribution is -2.59. The van der Waals surface area contributed by atoms with Crippen LogP contribution in [-0.2, 0) is 14.6 Å². The molecule has 2 atom stereocenters. The quantitative estimate of drug-likeness (QED) is 0.695. The van der Waals surface area contributed by atoms with Crippen molar-refractivity contribution >= 4 is 15.7 Å². The van der Waals surface area contributed by atoms with Gasteiger partial charge in [-0.25, -0.2) is 12.8 Å². The largest absolute Gasteiger partial charge is 0.346 e. The van der Waals surface area contributed by atoms with Gasteiger partial charge >= 0.3 is 0 Å². The molecule has 3 rings (SSSR count). The lowest BCUT2D eigenvalue weighted by molar-refractivity contribution is -0.127. The van der Waals surface area contributed by atoms with E-state index in [4.69, 9.17) is 0 Å². The monoisotopic (exact) mass is 305 g/mol. The van der Waals surface area contributed by atoms with Crippen LogP contribution in [0.3, 0.4) is 0 Å². The molecule has 0 bridgehead atoms. The van der Waals surface area contributed by atoms with Crippen LogP contribution in [0.1, 0.15) is 11.6 Å². The van der Waals surface area contributed by atoms with E-state index in [1.165, 1.54) is 12.1 Å². The highest BCUT2D eigenvalue weighted by molar-refractivity contribution is 7.93. The van der Waals surface area contributed by atoms with Gasteiger partial charge < -0.3 is 5.32 Å². The van der Waals surface area contributed by atoms with Crippen molar-refractivity contribution in [2.45, 2.75) is 16.2 Å². The van der Waals surface area contributed by atoms with Crippen LogP contribution in [0.15, 0.2) is 59.5 Å². The molecule has 1 N–H and O–H groups in total. The third kappa shape index (κ3) is 2.31. The van der Waals surface area contributed by atoms with Crippen molar-refractivity contribution in [1.82, 2.24) is 5.32 Å². The maximum atomic E-state index is 12.9. The third-order valence-corrected chi connectivity index (χ3v) is 5.58. The average molecular weight is 305 g/mol. The minimum Gasteiger partial charge on any atom is -0.346 e. The summed E-state index contributed by atoms with van der Waals surface area (Å²) in [4.78, 5) is 11.7. The lowest BCUT2D eigenvalue weighted by atomic mass is 9.97. The van der Waals surface area contributed by atoms with Gasteiger partial charge in [-0.15, -0.1) is 0 Å². The highest BCUT2D eigenvalue weighted by Crippen LogP contribution is 2.33. The predicted octanol–water partition coefficient (Wildman–Crippen LogP) is 1.84. The van der Waals surface area contributed by atoms with E-state index in [2.05, 4.69) is 5.32 Å². The number of amides is 1. The fraction of sp³-hybridized carbons (Fsp3) is 0.133. The van der Waals surface area contributed by atoms with E-state index in [1.807, 2.05) is 6.07 Å². The van der Waals surface area contributed by atoms with Gasteiger partial charge in [0.2, 0.25) is 5.91 Å². The Morgan fingerprint density at radius 1 is 0.952 bits per heavy atom. The molecule has 2 aromatic carbocycles. The van der Waals surface area contributed by atoms with Gasteiger partial charge in [0.25, 0.3) is 0 Å². The maximum Gasteiger partial charge on any atom is 0.241 e. The topological polar surface area (TPSA) is 63.2 Å². The van der Waals surface area contributed by atoms with E-state index < -0.39 is 32.9 Å². The van der Waals surface area contributed by atoms with E-state index in [-0.39, 0.29) is 4.90 Å². The summed E-state index contributed by atoms with van der Waals surface area (Å²) in [6.45, 7) is 0. The molecule has 4 nitrogen and oxygen atoms in total. The molecule has 2 aromatic rings. The second kappa shape index (κ2) is 4.96. The van der Waals surface area contributed by atoms with Crippen molar-refractivity contribution in [2.75, 3.05) is 0 Å². The Morgan fingerprint density at radius 3 is 2.14 bits per heavy atom. The molecule has 0 radical (unpaired) electrons. The van der Waals surface area contributed by atoms with Crippen LogP contribution in [0.5, 0.6) is 0 Å². The van der Waals surface area contributed by atoms with Gasteiger partial charge in [0, 0.05) is 0 Å². The summed E-state index contributed by atoms with van der Waals surface area (Å²) in [5.74, 6) is -1.06. The Labute approximate surface area is 121 Å². The lowest BCUT2D eigenvalue weighted by Gasteiger charge is -2.36. The van der Waals surface area contributed by atoms with Crippen LogP contribution in [-0.4, -0.2) is 19.6 Å². The van der Waals surface area contributed by atoms with Crippen LogP contribution in [0.2, 0.25) is 0 Å². The summed E-state index contributed by atoms with van der Waals surface area (Å²) in [5.41, 5.74) is 0.729. The minimum atomic E-state index is -3.84. The van der Waals surface area contributed by atoms with E-state index in [1.54, 1.807) is 24.3 Å². The summed E-state index contributed by atoms with van der Waals surface area (Å²) < 4.78 is 38.0. The molecule has 6 heteroatoms. The van der Waals surface area contributed by atoms with Crippen molar-refractivity contribution in [3.8, 4) is 0 Å². The first-order valence-electron chi connectivity index (χ1n) is 6.35. The van der Waals surface area contributed by atoms with Crippen LogP contribution < -0.4 is 5.32 Å². The number of halogens is 1. The molecule has 21 heavy (non-hydrogen) atoms. The molecule has 1 amide bonds. The Bertz CT molecular complexity index is 772. The Hall–Kier alpha value is -2.21. The Balaban J connectivity index is 1.98. The van der Waals surface area contributed by atoms with E-state index in [9.17, 15) is 17.6 Å². The Morgan fingerprint density at radius 2 is 1.57 bits per heavy atom. The zero-order valence-electron chi connectivity index (χ0n) is 10.9. The number of hydrogen-bond donors (Lipinski definition) is 1. The summed E-state index contributed by atoms with van der Waals surface area (Å²) in [7, 11) is -3.84. The van der Waals surface area contributed by atoms with Gasteiger partial charge in [-0.05, 0) is 29.8 Å². The predicted molar refractivity (Wildman–Crippen MR) is 74.7 cm³/mol. The molecular formula is C15H12FNO3S. The fourth-order valence-corrected chi connectivity index (χ4v) is 4.12. The zero-order valence-corrected chi connectivity index (χ0v) is 11.7.